The maximum absolute atomic E-state index is 5.93. The Morgan fingerprint density at radius 2 is 2.11 bits per heavy atom. The Morgan fingerprint density at radius 1 is 1.39 bits per heavy atom. The van der Waals surface area contributed by atoms with Crippen LogP contribution in [0.5, 0.6) is 5.75 Å². The molecule has 3 nitrogen and oxygen atoms in total. The van der Waals surface area contributed by atoms with Crippen LogP contribution in [0, 0.1) is 0 Å². The van der Waals surface area contributed by atoms with Gasteiger partial charge in [0.1, 0.15) is 5.75 Å². The number of anilines is 1. The highest BCUT2D eigenvalue weighted by Gasteiger charge is 2.18. The minimum absolute atomic E-state index is 0.731. The molecule has 0 spiro atoms. The molecule has 100 valence electrons. The van der Waals surface area contributed by atoms with Gasteiger partial charge in [0.25, 0.3) is 0 Å². The summed E-state index contributed by atoms with van der Waals surface area (Å²) in [7, 11) is 1.65. The van der Waals surface area contributed by atoms with E-state index in [1.165, 1.54) is 31.5 Å². The Labute approximate surface area is 114 Å². The van der Waals surface area contributed by atoms with Gasteiger partial charge in [-0.3, -0.25) is 4.90 Å². The number of thioether (sulfide) groups is 1. The first-order valence-corrected chi connectivity index (χ1v) is 7.69. The molecule has 2 N–H and O–H groups in total. The normalized spacial score (nSPS) is 17.9. The molecule has 1 aliphatic rings. The lowest BCUT2D eigenvalue weighted by atomic mass is 10.1. The number of hydrogen-bond acceptors (Lipinski definition) is 4. The van der Waals surface area contributed by atoms with Gasteiger partial charge in [0.2, 0.25) is 0 Å². The molecule has 1 saturated heterocycles. The van der Waals surface area contributed by atoms with Gasteiger partial charge in [0.15, 0.2) is 0 Å². The fourth-order valence-corrected chi connectivity index (χ4v) is 3.13. The maximum atomic E-state index is 5.93. The van der Waals surface area contributed by atoms with Crippen LogP contribution in [0.3, 0.4) is 0 Å². The molecule has 18 heavy (non-hydrogen) atoms. The molecule has 4 heteroatoms. The zero-order valence-corrected chi connectivity index (χ0v) is 12.0. The Morgan fingerprint density at radius 3 is 2.67 bits per heavy atom. The molecule has 1 aromatic rings. The largest absolute Gasteiger partial charge is 0.495 e. The highest BCUT2D eigenvalue weighted by atomic mass is 32.2. The average Bonchev–Trinajstić information content (AvgIpc) is 2.40. The molecular weight excluding hydrogens is 244 g/mol. The fraction of sp³-hybridized carbons (Fsp3) is 0.571. The lowest BCUT2D eigenvalue weighted by molar-refractivity contribution is 0.225. The summed E-state index contributed by atoms with van der Waals surface area (Å²) in [5.74, 6) is 0.764. The number of nitrogens with zero attached hydrogens (tertiary/aromatic N) is 1. The van der Waals surface area contributed by atoms with E-state index in [0.29, 0.717) is 0 Å². The Bertz CT molecular complexity index is 389. The molecule has 2 rings (SSSR count). The van der Waals surface area contributed by atoms with E-state index in [2.05, 4.69) is 17.2 Å². The first kappa shape index (κ1) is 13.6. The molecule has 0 amide bonds. The number of hydrogen-bond donors (Lipinski definition) is 1. The zero-order chi connectivity index (χ0) is 13.0. The standard InChI is InChI=1S/C14H22N2OS/c1-17-14-4-3-11(9-13(14)15)10-16-7-5-12(18-2)6-8-16/h3-4,9,12H,5-8,10,15H2,1-2H3. The van der Waals surface area contributed by atoms with Gasteiger partial charge in [-0.25, -0.2) is 0 Å². The number of methoxy groups -OCH3 is 1. The van der Waals surface area contributed by atoms with E-state index in [4.69, 9.17) is 10.5 Å². The van der Waals surface area contributed by atoms with E-state index in [9.17, 15) is 0 Å². The smallest absolute Gasteiger partial charge is 0.141 e. The molecule has 1 aliphatic heterocycles. The summed E-state index contributed by atoms with van der Waals surface area (Å²) in [4.78, 5) is 2.51. The predicted molar refractivity (Wildman–Crippen MR) is 79.2 cm³/mol. The zero-order valence-electron chi connectivity index (χ0n) is 11.2. The van der Waals surface area contributed by atoms with Gasteiger partial charge in [-0.2, -0.15) is 11.8 Å². The monoisotopic (exact) mass is 266 g/mol. The molecule has 0 atom stereocenters. The third-order valence-electron chi connectivity index (χ3n) is 3.57. The van der Waals surface area contributed by atoms with Crippen molar-refractivity contribution >= 4 is 17.4 Å². The van der Waals surface area contributed by atoms with Gasteiger partial charge in [-0.1, -0.05) is 6.07 Å². The van der Waals surface area contributed by atoms with Crippen molar-refractivity contribution in [2.45, 2.75) is 24.6 Å². The summed E-state index contributed by atoms with van der Waals surface area (Å²) >= 11 is 2.00. The predicted octanol–water partition coefficient (Wildman–Crippen LogP) is 2.60. The van der Waals surface area contributed by atoms with Gasteiger partial charge in [0.05, 0.1) is 12.8 Å². The summed E-state index contributed by atoms with van der Waals surface area (Å²) in [5.41, 5.74) is 7.94. The number of nitrogens with two attached hydrogens (primary N) is 1. The van der Waals surface area contributed by atoms with Crippen molar-refractivity contribution in [1.29, 1.82) is 0 Å². The molecule has 1 heterocycles. The van der Waals surface area contributed by atoms with E-state index in [1.807, 2.05) is 23.9 Å². The van der Waals surface area contributed by atoms with Crippen molar-refractivity contribution in [2.24, 2.45) is 0 Å². The molecule has 1 fully saturated rings. The number of nitrogen functional groups attached to an aromatic ring is 1. The minimum Gasteiger partial charge on any atom is -0.495 e. The van der Waals surface area contributed by atoms with E-state index < -0.39 is 0 Å². The first-order chi connectivity index (χ1) is 8.72. The summed E-state index contributed by atoms with van der Waals surface area (Å²) < 4.78 is 5.18. The number of likely N-dealkylation sites (tertiary alicyclic amines) is 1. The van der Waals surface area contributed by atoms with Gasteiger partial charge < -0.3 is 10.5 Å². The highest BCUT2D eigenvalue weighted by Crippen LogP contribution is 2.25. The number of ether oxygens (including phenoxy) is 1. The second-order valence-corrected chi connectivity index (χ2v) is 5.93. The topological polar surface area (TPSA) is 38.5 Å². The van der Waals surface area contributed by atoms with Crippen LogP contribution in [-0.4, -0.2) is 36.6 Å². The van der Waals surface area contributed by atoms with Crippen molar-refractivity contribution in [2.75, 3.05) is 32.2 Å². The van der Waals surface area contributed by atoms with Crippen LogP contribution in [-0.2, 0) is 6.54 Å². The SMILES string of the molecule is COc1ccc(CN2CCC(SC)CC2)cc1N. The van der Waals surface area contributed by atoms with Crippen molar-refractivity contribution in [3.63, 3.8) is 0 Å². The van der Waals surface area contributed by atoms with Gasteiger partial charge in [-0.05, 0) is 49.9 Å². The Hall–Kier alpha value is -0.870. The summed E-state index contributed by atoms with van der Waals surface area (Å²) in [6, 6.07) is 6.09. The van der Waals surface area contributed by atoms with E-state index >= 15 is 0 Å². The summed E-state index contributed by atoms with van der Waals surface area (Å²) in [6.45, 7) is 3.38. The molecule has 0 saturated carbocycles. The fourth-order valence-electron chi connectivity index (χ4n) is 2.44. The Balaban J connectivity index is 1.92. The highest BCUT2D eigenvalue weighted by molar-refractivity contribution is 7.99. The quantitative estimate of drug-likeness (QED) is 0.850. The van der Waals surface area contributed by atoms with Crippen LogP contribution in [0.4, 0.5) is 5.69 Å². The van der Waals surface area contributed by atoms with Crippen LogP contribution in [0.2, 0.25) is 0 Å². The third-order valence-corrected chi connectivity index (χ3v) is 4.71. The van der Waals surface area contributed by atoms with Crippen molar-refractivity contribution in [3.05, 3.63) is 23.8 Å². The van der Waals surface area contributed by atoms with Crippen molar-refractivity contribution < 1.29 is 4.74 Å². The van der Waals surface area contributed by atoms with Crippen LogP contribution in [0.15, 0.2) is 18.2 Å². The minimum atomic E-state index is 0.731. The molecule has 0 aromatic heterocycles. The van der Waals surface area contributed by atoms with Crippen molar-refractivity contribution in [1.82, 2.24) is 4.90 Å². The van der Waals surface area contributed by atoms with Crippen LogP contribution >= 0.6 is 11.8 Å². The van der Waals surface area contributed by atoms with Gasteiger partial charge in [0, 0.05) is 11.8 Å². The van der Waals surface area contributed by atoms with Crippen LogP contribution < -0.4 is 10.5 Å². The van der Waals surface area contributed by atoms with E-state index in [1.54, 1.807) is 7.11 Å². The second kappa shape index (κ2) is 6.34. The number of rotatable bonds is 4. The van der Waals surface area contributed by atoms with E-state index in [0.717, 1.165) is 23.2 Å². The lowest BCUT2D eigenvalue weighted by Crippen LogP contribution is -2.34. The lowest BCUT2D eigenvalue weighted by Gasteiger charge is -2.31. The molecule has 0 radical (unpaired) electrons. The molecule has 0 aliphatic carbocycles. The molecular formula is C14H22N2OS. The van der Waals surface area contributed by atoms with Crippen molar-refractivity contribution in [3.8, 4) is 5.75 Å². The third kappa shape index (κ3) is 3.33. The summed E-state index contributed by atoms with van der Waals surface area (Å²) in [5, 5.41) is 0.849. The second-order valence-electron chi connectivity index (χ2n) is 4.79. The maximum Gasteiger partial charge on any atom is 0.141 e. The molecule has 0 unspecified atom stereocenters. The number of piperidine rings is 1. The van der Waals surface area contributed by atoms with Gasteiger partial charge >= 0.3 is 0 Å². The van der Waals surface area contributed by atoms with E-state index in [-0.39, 0.29) is 0 Å². The van der Waals surface area contributed by atoms with Gasteiger partial charge in [-0.15, -0.1) is 0 Å². The summed E-state index contributed by atoms with van der Waals surface area (Å²) in [6.07, 6.45) is 4.81. The van der Waals surface area contributed by atoms with Crippen LogP contribution in [0.25, 0.3) is 0 Å². The average molecular weight is 266 g/mol. The molecule has 0 bridgehead atoms. The van der Waals surface area contributed by atoms with Crippen LogP contribution in [0.1, 0.15) is 18.4 Å². The molecule has 1 aromatic carbocycles. The Kier molecular flexibility index (Phi) is 4.78. The first-order valence-electron chi connectivity index (χ1n) is 6.40. The number of benzene rings is 1.